The summed E-state index contributed by atoms with van der Waals surface area (Å²) in [7, 11) is 0. The van der Waals surface area contributed by atoms with Crippen molar-refractivity contribution >= 4 is 11.5 Å². The van der Waals surface area contributed by atoms with Crippen LogP contribution in [0.1, 0.15) is 25.0 Å². The van der Waals surface area contributed by atoms with E-state index in [4.69, 9.17) is 15.7 Å². The number of rotatable bonds is 3. The zero-order valence-corrected chi connectivity index (χ0v) is 12.7. The Labute approximate surface area is 124 Å². The van der Waals surface area contributed by atoms with Crippen LogP contribution in [0.25, 0.3) is 0 Å². The quantitative estimate of drug-likeness (QED) is 0.335. The summed E-state index contributed by atoms with van der Waals surface area (Å²) in [4.78, 5) is 2.19. The number of amidine groups is 1. The number of aliphatic hydroxyl groups is 1. The Morgan fingerprint density at radius 1 is 1.52 bits per heavy atom. The molecule has 1 aliphatic rings. The lowest BCUT2D eigenvalue weighted by atomic mass is 10.0. The lowest BCUT2D eigenvalue weighted by Gasteiger charge is -2.43. The molecule has 2 rings (SSSR count). The first-order valence-corrected chi connectivity index (χ1v) is 6.98. The van der Waals surface area contributed by atoms with E-state index >= 15 is 0 Å². The fourth-order valence-electron chi connectivity index (χ4n) is 2.77. The Morgan fingerprint density at radius 3 is 2.81 bits per heavy atom. The van der Waals surface area contributed by atoms with Crippen LogP contribution in [0.5, 0.6) is 0 Å². The smallest absolute Gasteiger partial charge is 0.170 e. The van der Waals surface area contributed by atoms with Crippen molar-refractivity contribution < 1.29 is 15.1 Å². The number of oxime groups is 1. The normalized spacial score (nSPS) is 22.4. The Balaban J connectivity index is 2.27. The van der Waals surface area contributed by atoms with Gasteiger partial charge in [0.25, 0.3) is 0 Å². The minimum Gasteiger partial charge on any atom is -0.409 e. The molecule has 1 aromatic rings. The van der Waals surface area contributed by atoms with Gasteiger partial charge in [-0.25, -0.2) is 0 Å². The highest BCUT2D eigenvalue weighted by atomic mass is 16.5. The SMILES string of the molecule is Cc1cc(N2CC(CO)OC(C)(C)C2)ccc1/C(N)=N/O. The first kappa shape index (κ1) is 15.6. The highest BCUT2D eigenvalue weighted by molar-refractivity contribution is 5.98. The number of nitrogens with zero attached hydrogens (tertiary/aromatic N) is 2. The monoisotopic (exact) mass is 293 g/mol. The summed E-state index contributed by atoms with van der Waals surface area (Å²) >= 11 is 0. The van der Waals surface area contributed by atoms with Gasteiger partial charge >= 0.3 is 0 Å². The highest BCUT2D eigenvalue weighted by Crippen LogP contribution is 2.27. The van der Waals surface area contributed by atoms with Crippen molar-refractivity contribution in [3.05, 3.63) is 29.3 Å². The second-order valence-electron chi connectivity index (χ2n) is 6.05. The lowest BCUT2D eigenvalue weighted by molar-refractivity contribution is -0.101. The first-order chi connectivity index (χ1) is 9.86. The molecule has 116 valence electrons. The van der Waals surface area contributed by atoms with Crippen molar-refractivity contribution in [3.8, 4) is 0 Å². The van der Waals surface area contributed by atoms with Gasteiger partial charge < -0.3 is 25.7 Å². The van der Waals surface area contributed by atoms with E-state index in [-0.39, 0.29) is 24.1 Å². The van der Waals surface area contributed by atoms with E-state index in [1.54, 1.807) is 0 Å². The Bertz CT molecular complexity index is 543. The summed E-state index contributed by atoms with van der Waals surface area (Å²) in [5, 5.41) is 21.2. The van der Waals surface area contributed by atoms with Gasteiger partial charge in [-0.05, 0) is 44.5 Å². The second-order valence-corrected chi connectivity index (χ2v) is 6.05. The third kappa shape index (κ3) is 3.46. The van der Waals surface area contributed by atoms with E-state index in [1.807, 2.05) is 39.0 Å². The van der Waals surface area contributed by atoms with Gasteiger partial charge in [-0.15, -0.1) is 0 Å². The van der Waals surface area contributed by atoms with Gasteiger partial charge in [-0.1, -0.05) is 5.16 Å². The van der Waals surface area contributed by atoms with Crippen LogP contribution >= 0.6 is 0 Å². The molecule has 4 N–H and O–H groups in total. The predicted octanol–water partition coefficient (Wildman–Crippen LogP) is 1.07. The van der Waals surface area contributed by atoms with Crippen molar-refractivity contribution in [2.24, 2.45) is 10.9 Å². The lowest BCUT2D eigenvalue weighted by Crippen LogP contribution is -2.54. The van der Waals surface area contributed by atoms with Crippen LogP contribution < -0.4 is 10.6 Å². The van der Waals surface area contributed by atoms with E-state index in [2.05, 4.69) is 10.1 Å². The molecule has 1 unspecified atom stereocenters. The summed E-state index contributed by atoms with van der Waals surface area (Å²) in [6, 6.07) is 5.79. The van der Waals surface area contributed by atoms with Gasteiger partial charge in [0.1, 0.15) is 0 Å². The molecule has 0 radical (unpaired) electrons. The van der Waals surface area contributed by atoms with E-state index in [0.29, 0.717) is 12.1 Å². The zero-order valence-electron chi connectivity index (χ0n) is 12.7. The largest absolute Gasteiger partial charge is 0.409 e. The van der Waals surface area contributed by atoms with Gasteiger partial charge in [0.15, 0.2) is 5.84 Å². The maximum absolute atomic E-state index is 9.38. The van der Waals surface area contributed by atoms with E-state index in [9.17, 15) is 5.11 Å². The molecular formula is C15H23N3O3. The Morgan fingerprint density at radius 2 is 2.24 bits per heavy atom. The minimum atomic E-state index is -0.316. The number of morpholine rings is 1. The summed E-state index contributed by atoms with van der Waals surface area (Å²) in [6.45, 7) is 7.33. The summed E-state index contributed by atoms with van der Waals surface area (Å²) in [5.41, 5.74) is 8.02. The van der Waals surface area contributed by atoms with Crippen LogP contribution in [-0.4, -0.2) is 47.6 Å². The molecule has 0 saturated carbocycles. The molecular weight excluding hydrogens is 270 g/mol. The number of hydrogen-bond donors (Lipinski definition) is 3. The Kier molecular flexibility index (Phi) is 4.39. The third-order valence-electron chi connectivity index (χ3n) is 3.64. The molecule has 1 saturated heterocycles. The number of aryl methyl sites for hydroxylation is 1. The molecule has 1 aliphatic heterocycles. The molecule has 1 aromatic carbocycles. The average molecular weight is 293 g/mol. The van der Waals surface area contributed by atoms with Crippen LogP contribution in [0, 0.1) is 6.92 Å². The van der Waals surface area contributed by atoms with Crippen LogP contribution in [0.3, 0.4) is 0 Å². The summed E-state index contributed by atoms with van der Waals surface area (Å²) in [6.07, 6.45) is -0.196. The van der Waals surface area contributed by atoms with E-state index < -0.39 is 0 Å². The Hall–Kier alpha value is -1.79. The fourth-order valence-corrected chi connectivity index (χ4v) is 2.77. The summed E-state index contributed by atoms with van der Waals surface area (Å²) < 4.78 is 5.82. The second kappa shape index (κ2) is 5.91. The van der Waals surface area contributed by atoms with Crippen molar-refractivity contribution in [3.63, 3.8) is 0 Å². The molecule has 1 fully saturated rings. The minimum absolute atomic E-state index is 0.00111. The standard InChI is InChI=1S/C15H23N3O3/c1-10-6-11(4-5-13(10)14(16)17-20)18-7-12(8-19)21-15(2,3)9-18/h4-6,12,19-20H,7-9H2,1-3H3,(H2,16,17). The predicted molar refractivity (Wildman–Crippen MR) is 81.9 cm³/mol. The number of ether oxygens (including phenoxy) is 1. The molecule has 0 aromatic heterocycles. The van der Waals surface area contributed by atoms with Gasteiger partial charge in [0.2, 0.25) is 0 Å². The molecule has 1 heterocycles. The number of nitrogens with two attached hydrogens (primary N) is 1. The zero-order chi connectivity index (χ0) is 15.6. The average Bonchev–Trinajstić information content (AvgIpc) is 2.44. The van der Waals surface area contributed by atoms with Crippen LogP contribution in [-0.2, 0) is 4.74 Å². The molecule has 6 heteroatoms. The maximum Gasteiger partial charge on any atom is 0.170 e. The topological polar surface area (TPSA) is 91.3 Å². The van der Waals surface area contributed by atoms with Gasteiger partial charge in [-0.2, -0.15) is 0 Å². The highest BCUT2D eigenvalue weighted by Gasteiger charge is 2.33. The van der Waals surface area contributed by atoms with Gasteiger partial charge in [-0.3, -0.25) is 0 Å². The molecule has 0 bridgehead atoms. The molecule has 0 amide bonds. The number of anilines is 1. The summed E-state index contributed by atoms with van der Waals surface area (Å²) in [5.74, 6) is 0.106. The van der Waals surface area contributed by atoms with Gasteiger partial charge in [0, 0.05) is 24.3 Å². The van der Waals surface area contributed by atoms with Crippen LogP contribution in [0.2, 0.25) is 0 Å². The van der Waals surface area contributed by atoms with Crippen LogP contribution in [0.15, 0.2) is 23.4 Å². The third-order valence-corrected chi connectivity index (χ3v) is 3.64. The van der Waals surface area contributed by atoms with Crippen LogP contribution in [0.4, 0.5) is 5.69 Å². The number of aliphatic hydroxyl groups excluding tert-OH is 1. The van der Waals surface area contributed by atoms with Crippen molar-refractivity contribution in [2.45, 2.75) is 32.5 Å². The number of benzene rings is 1. The van der Waals surface area contributed by atoms with Crippen molar-refractivity contribution in [1.29, 1.82) is 0 Å². The molecule has 21 heavy (non-hydrogen) atoms. The molecule has 1 atom stereocenters. The maximum atomic E-state index is 9.38. The molecule has 0 aliphatic carbocycles. The fraction of sp³-hybridized carbons (Fsp3) is 0.533. The van der Waals surface area contributed by atoms with Crippen molar-refractivity contribution in [2.75, 3.05) is 24.6 Å². The van der Waals surface area contributed by atoms with E-state index in [1.165, 1.54) is 0 Å². The molecule has 0 spiro atoms. The van der Waals surface area contributed by atoms with Gasteiger partial charge in [0.05, 0.1) is 18.3 Å². The van der Waals surface area contributed by atoms with Crippen molar-refractivity contribution in [1.82, 2.24) is 0 Å². The molecule has 6 nitrogen and oxygen atoms in total. The van der Waals surface area contributed by atoms with E-state index in [0.717, 1.165) is 17.8 Å². The number of hydrogen-bond acceptors (Lipinski definition) is 5. The first-order valence-electron chi connectivity index (χ1n) is 6.98.